The normalized spacial score (nSPS) is 11.5. The Balaban J connectivity index is 2.77. The van der Waals surface area contributed by atoms with Gasteiger partial charge in [0, 0.05) is 22.1 Å². The quantitative estimate of drug-likeness (QED) is 0.684. The van der Waals surface area contributed by atoms with Crippen LogP contribution >= 0.6 is 15.9 Å². The predicted molar refractivity (Wildman–Crippen MR) is 58.2 cm³/mol. The molecule has 0 amide bonds. The van der Waals surface area contributed by atoms with Crippen LogP contribution in [-0.4, -0.2) is 12.0 Å². The summed E-state index contributed by atoms with van der Waals surface area (Å²) in [7, 11) is 0. The number of hydrogen-bond donors (Lipinski definition) is 1. The molecule has 2 N–H and O–H groups in total. The Labute approximate surface area is 98.8 Å². The molecule has 0 saturated heterocycles. The molecule has 0 spiro atoms. The van der Waals surface area contributed by atoms with Crippen molar-refractivity contribution in [2.75, 3.05) is 5.73 Å². The smallest absolute Gasteiger partial charge is 0.389 e. The maximum atomic E-state index is 11.9. The summed E-state index contributed by atoms with van der Waals surface area (Å²) in [6.45, 7) is 0. The number of benzene rings is 1. The lowest BCUT2D eigenvalue weighted by Crippen LogP contribution is -2.12. The first-order valence-corrected chi connectivity index (χ1v) is 5.24. The zero-order valence-corrected chi connectivity index (χ0v) is 9.73. The summed E-state index contributed by atoms with van der Waals surface area (Å²) in [5.41, 5.74) is 5.82. The van der Waals surface area contributed by atoms with Crippen LogP contribution in [0.25, 0.3) is 0 Å². The van der Waals surface area contributed by atoms with Crippen LogP contribution in [0.4, 0.5) is 18.9 Å². The molecule has 6 heteroatoms. The van der Waals surface area contributed by atoms with Gasteiger partial charge in [-0.2, -0.15) is 13.2 Å². The van der Waals surface area contributed by atoms with Crippen molar-refractivity contribution in [2.24, 2.45) is 0 Å². The van der Waals surface area contributed by atoms with E-state index in [9.17, 15) is 18.0 Å². The number of Topliss-reactive ketones (excluding diaryl/α,β-unsaturated/α-hetero) is 1. The number of alkyl halides is 3. The number of halogens is 4. The average Bonchev–Trinajstić information content (AvgIpc) is 2.17. The molecular weight excluding hydrogens is 287 g/mol. The second-order valence-corrected chi connectivity index (χ2v) is 4.19. The lowest BCUT2D eigenvalue weighted by atomic mass is 10.0. The van der Waals surface area contributed by atoms with E-state index in [1.165, 1.54) is 12.1 Å². The first-order chi connectivity index (χ1) is 7.29. The largest absolute Gasteiger partial charge is 0.398 e. The minimum absolute atomic E-state index is 0.124. The van der Waals surface area contributed by atoms with Crippen molar-refractivity contribution >= 4 is 27.4 Å². The molecule has 0 unspecified atom stereocenters. The van der Waals surface area contributed by atoms with E-state index >= 15 is 0 Å². The van der Waals surface area contributed by atoms with Gasteiger partial charge < -0.3 is 5.73 Å². The van der Waals surface area contributed by atoms with Crippen molar-refractivity contribution in [1.82, 2.24) is 0 Å². The molecule has 1 aromatic carbocycles. The second-order valence-electron chi connectivity index (χ2n) is 3.27. The number of anilines is 1. The van der Waals surface area contributed by atoms with E-state index in [0.29, 0.717) is 4.47 Å². The third-order valence-corrected chi connectivity index (χ3v) is 2.44. The van der Waals surface area contributed by atoms with Gasteiger partial charge in [0.2, 0.25) is 0 Å². The summed E-state index contributed by atoms with van der Waals surface area (Å²) in [6.07, 6.45) is -6.03. The van der Waals surface area contributed by atoms with E-state index in [1.54, 1.807) is 6.07 Å². The molecule has 1 rings (SSSR count). The first kappa shape index (κ1) is 13.0. The Kier molecular flexibility index (Phi) is 3.96. The highest BCUT2D eigenvalue weighted by Crippen LogP contribution is 2.25. The van der Waals surface area contributed by atoms with Gasteiger partial charge >= 0.3 is 6.18 Å². The molecule has 0 aliphatic rings. The number of hydrogen-bond acceptors (Lipinski definition) is 2. The number of ketones is 1. The summed E-state index contributed by atoms with van der Waals surface area (Å²) in [5.74, 6) is -0.601. The molecule has 2 nitrogen and oxygen atoms in total. The van der Waals surface area contributed by atoms with Gasteiger partial charge in [-0.15, -0.1) is 0 Å². The Morgan fingerprint density at radius 2 is 2.00 bits per heavy atom. The molecule has 1 aromatic rings. The molecule has 0 aromatic heterocycles. The number of nitrogen functional groups attached to an aromatic ring is 1. The topological polar surface area (TPSA) is 43.1 Å². The fourth-order valence-corrected chi connectivity index (χ4v) is 1.52. The van der Waals surface area contributed by atoms with Crippen molar-refractivity contribution in [3.8, 4) is 0 Å². The lowest BCUT2D eigenvalue weighted by Gasteiger charge is -2.07. The van der Waals surface area contributed by atoms with Crippen LogP contribution in [-0.2, 0) is 0 Å². The van der Waals surface area contributed by atoms with Gasteiger partial charge in [-0.05, 0) is 18.2 Å². The van der Waals surface area contributed by atoms with Crippen molar-refractivity contribution in [1.29, 1.82) is 0 Å². The summed E-state index contributed by atoms with van der Waals surface area (Å²) in [4.78, 5) is 11.5. The molecule has 0 atom stereocenters. The lowest BCUT2D eigenvalue weighted by molar-refractivity contribution is -0.133. The van der Waals surface area contributed by atoms with E-state index in [4.69, 9.17) is 5.73 Å². The highest BCUT2D eigenvalue weighted by atomic mass is 79.9. The number of carbonyl (C=O) groups is 1. The van der Waals surface area contributed by atoms with Crippen LogP contribution < -0.4 is 5.73 Å². The van der Waals surface area contributed by atoms with Gasteiger partial charge in [-0.1, -0.05) is 15.9 Å². The van der Waals surface area contributed by atoms with Crippen molar-refractivity contribution < 1.29 is 18.0 Å². The van der Waals surface area contributed by atoms with Crippen LogP contribution in [0.2, 0.25) is 0 Å². The zero-order valence-electron chi connectivity index (χ0n) is 8.14. The summed E-state index contributed by atoms with van der Waals surface area (Å²) in [6, 6.07) is 4.52. The van der Waals surface area contributed by atoms with E-state index in [2.05, 4.69) is 15.9 Å². The molecule has 0 heterocycles. The fourth-order valence-electron chi connectivity index (χ4n) is 1.16. The summed E-state index contributed by atoms with van der Waals surface area (Å²) in [5, 5.41) is 0. The van der Waals surface area contributed by atoms with Gasteiger partial charge in [0.25, 0.3) is 0 Å². The Morgan fingerprint density at radius 3 is 2.56 bits per heavy atom. The highest BCUT2D eigenvalue weighted by molar-refractivity contribution is 9.10. The standard InChI is InChI=1S/C10H9BrF3NO/c11-6-1-2-8(15)7(5-6)9(16)3-4-10(12,13)14/h1-2,5H,3-4,15H2. The maximum Gasteiger partial charge on any atom is 0.389 e. The molecule has 0 bridgehead atoms. The second kappa shape index (κ2) is 4.86. The minimum Gasteiger partial charge on any atom is -0.398 e. The number of carbonyl (C=O) groups excluding carboxylic acids is 1. The molecule has 0 aliphatic carbocycles. The van der Waals surface area contributed by atoms with Crippen LogP contribution in [0.3, 0.4) is 0 Å². The van der Waals surface area contributed by atoms with E-state index in [-0.39, 0.29) is 11.3 Å². The number of nitrogens with two attached hydrogens (primary N) is 1. The Bertz CT molecular complexity index is 404. The molecule has 0 radical (unpaired) electrons. The number of rotatable bonds is 3. The van der Waals surface area contributed by atoms with E-state index in [1.807, 2.05) is 0 Å². The van der Waals surface area contributed by atoms with Crippen LogP contribution in [0.15, 0.2) is 22.7 Å². The van der Waals surface area contributed by atoms with Gasteiger partial charge in [0.05, 0.1) is 6.42 Å². The van der Waals surface area contributed by atoms with Crippen molar-refractivity contribution in [3.63, 3.8) is 0 Å². The molecular formula is C10H9BrF3NO. The van der Waals surface area contributed by atoms with Crippen LogP contribution in [0.1, 0.15) is 23.2 Å². The van der Waals surface area contributed by atoms with Gasteiger partial charge in [0.1, 0.15) is 0 Å². The van der Waals surface area contributed by atoms with Crippen LogP contribution in [0, 0.1) is 0 Å². The Morgan fingerprint density at radius 1 is 1.38 bits per heavy atom. The first-order valence-electron chi connectivity index (χ1n) is 4.44. The molecule has 88 valence electrons. The molecule has 0 aliphatic heterocycles. The van der Waals surface area contributed by atoms with Crippen LogP contribution in [0.5, 0.6) is 0 Å². The molecule has 0 saturated carbocycles. The van der Waals surface area contributed by atoms with Gasteiger partial charge in [-0.25, -0.2) is 0 Å². The molecule has 0 fully saturated rings. The Hall–Kier alpha value is -1.04. The SMILES string of the molecule is Nc1ccc(Br)cc1C(=O)CCC(F)(F)F. The highest BCUT2D eigenvalue weighted by Gasteiger charge is 2.28. The van der Waals surface area contributed by atoms with Gasteiger partial charge in [0.15, 0.2) is 5.78 Å². The van der Waals surface area contributed by atoms with Gasteiger partial charge in [-0.3, -0.25) is 4.79 Å². The predicted octanol–water partition coefficient (Wildman–Crippen LogP) is 3.56. The molecule has 16 heavy (non-hydrogen) atoms. The third kappa shape index (κ3) is 3.84. The van der Waals surface area contributed by atoms with E-state index < -0.39 is 24.8 Å². The summed E-state index contributed by atoms with van der Waals surface area (Å²) >= 11 is 3.13. The third-order valence-electron chi connectivity index (χ3n) is 1.95. The average molecular weight is 296 g/mol. The van der Waals surface area contributed by atoms with E-state index in [0.717, 1.165) is 0 Å². The maximum absolute atomic E-state index is 11.9. The summed E-state index contributed by atoms with van der Waals surface area (Å²) < 4.78 is 36.4. The zero-order chi connectivity index (χ0) is 12.3. The monoisotopic (exact) mass is 295 g/mol. The van der Waals surface area contributed by atoms with Crippen molar-refractivity contribution in [3.05, 3.63) is 28.2 Å². The fraction of sp³-hybridized carbons (Fsp3) is 0.300. The van der Waals surface area contributed by atoms with Crippen molar-refractivity contribution in [2.45, 2.75) is 19.0 Å². The minimum atomic E-state index is -4.32.